The van der Waals surface area contributed by atoms with E-state index in [0.717, 1.165) is 61.4 Å². The fourth-order valence-corrected chi connectivity index (χ4v) is 5.04. The summed E-state index contributed by atoms with van der Waals surface area (Å²) < 4.78 is 18.7. The number of hydrogen-bond acceptors (Lipinski definition) is 5. The average Bonchev–Trinajstić information content (AvgIpc) is 3.31. The van der Waals surface area contributed by atoms with Gasteiger partial charge in [-0.15, -0.1) is 11.3 Å². The Kier molecular flexibility index (Phi) is 6.25. The second-order valence-corrected chi connectivity index (χ2v) is 8.90. The summed E-state index contributed by atoms with van der Waals surface area (Å²) >= 11 is 1.66. The highest BCUT2D eigenvalue weighted by molar-refractivity contribution is 7.16. The van der Waals surface area contributed by atoms with Gasteiger partial charge in [-0.25, -0.2) is 4.39 Å². The summed E-state index contributed by atoms with van der Waals surface area (Å²) in [6, 6.07) is 8.76. The maximum absolute atomic E-state index is 13.3. The summed E-state index contributed by atoms with van der Waals surface area (Å²) in [5.74, 6) is 0.0766. The summed E-state index contributed by atoms with van der Waals surface area (Å²) in [6.45, 7) is 4.77. The fraction of sp³-hybridized carbons (Fsp3) is 0.455. The molecule has 29 heavy (non-hydrogen) atoms. The molecule has 3 aromatic rings. The lowest BCUT2D eigenvalue weighted by Gasteiger charge is -2.31. The summed E-state index contributed by atoms with van der Waals surface area (Å²) in [5, 5.41) is 8.94. The van der Waals surface area contributed by atoms with Crippen LogP contribution < -0.4 is 5.32 Å². The van der Waals surface area contributed by atoms with Gasteiger partial charge in [-0.05, 0) is 76.0 Å². The number of fused-ring (bicyclic) bond motifs is 1. The monoisotopic (exact) mass is 415 g/mol. The number of hydrogen-bond donors (Lipinski definition) is 1. The standard InChI is InChI=1S/C22H26FN3O2S/c1-15(27)24-21-8-6-18(29-21)4-2-3-11-26-12-9-16(10-13-26)22-19-7-5-17(23)14-20(19)28-25-22/h5-8,14,16H,2-4,9-13H2,1H3,(H,24,27). The van der Waals surface area contributed by atoms with Crippen molar-refractivity contribution in [2.45, 2.75) is 44.9 Å². The van der Waals surface area contributed by atoms with Crippen LogP contribution in [0.5, 0.6) is 0 Å². The topological polar surface area (TPSA) is 58.4 Å². The molecule has 5 nitrogen and oxygen atoms in total. The lowest BCUT2D eigenvalue weighted by atomic mass is 9.91. The molecule has 0 aliphatic carbocycles. The second-order valence-electron chi connectivity index (χ2n) is 7.73. The first-order valence-corrected chi connectivity index (χ1v) is 11.0. The molecule has 3 heterocycles. The first-order chi connectivity index (χ1) is 14.1. The van der Waals surface area contributed by atoms with Crippen molar-refractivity contribution in [3.05, 3.63) is 46.7 Å². The van der Waals surface area contributed by atoms with Crippen LogP contribution in [0.25, 0.3) is 11.0 Å². The molecule has 0 spiro atoms. The van der Waals surface area contributed by atoms with Gasteiger partial charge in [0.1, 0.15) is 5.82 Å². The molecule has 1 fully saturated rings. The SMILES string of the molecule is CC(=O)Nc1ccc(CCCCN2CCC(c3noc4cc(F)ccc34)CC2)s1. The van der Waals surface area contributed by atoms with Crippen LogP contribution in [-0.4, -0.2) is 35.6 Å². The van der Waals surface area contributed by atoms with E-state index in [0.29, 0.717) is 11.5 Å². The number of amides is 1. The van der Waals surface area contributed by atoms with Crippen LogP contribution in [0.3, 0.4) is 0 Å². The van der Waals surface area contributed by atoms with Crippen LogP contribution in [0.2, 0.25) is 0 Å². The molecule has 0 atom stereocenters. The van der Waals surface area contributed by atoms with Crippen molar-refractivity contribution in [3.8, 4) is 0 Å². The van der Waals surface area contributed by atoms with Crippen molar-refractivity contribution in [2.24, 2.45) is 0 Å². The van der Waals surface area contributed by atoms with Crippen molar-refractivity contribution >= 4 is 33.2 Å². The van der Waals surface area contributed by atoms with Crippen LogP contribution in [0.4, 0.5) is 9.39 Å². The minimum absolute atomic E-state index is 0.0208. The number of piperidine rings is 1. The van der Waals surface area contributed by atoms with Gasteiger partial charge in [0.25, 0.3) is 0 Å². The molecule has 0 bridgehead atoms. The Morgan fingerprint density at radius 2 is 2.10 bits per heavy atom. The molecule has 154 valence electrons. The molecule has 0 unspecified atom stereocenters. The zero-order chi connectivity index (χ0) is 20.2. The maximum atomic E-state index is 13.3. The molecule has 1 aliphatic heterocycles. The van der Waals surface area contributed by atoms with E-state index in [-0.39, 0.29) is 11.7 Å². The van der Waals surface area contributed by atoms with Gasteiger partial charge in [0, 0.05) is 29.2 Å². The van der Waals surface area contributed by atoms with Crippen LogP contribution in [0, 0.1) is 5.82 Å². The molecule has 0 saturated carbocycles. The van der Waals surface area contributed by atoms with E-state index in [2.05, 4.69) is 21.4 Å². The van der Waals surface area contributed by atoms with Crippen LogP contribution in [0.15, 0.2) is 34.9 Å². The molecule has 1 aliphatic rings. The number of anilines is 1. The Labute approximate surface area is 173 Å². The van der Waals surface area contributed by atoms with Gasteiger partial charge in [-0.1, -0.05) is 5.16 Å². The fourth-order valence-electron chi connectivity index (χ4n) is 4.04. The third-order valence-corrected chi connectivity index (χ3v) is 6.61. The van der Waals surface area contributed by atoms with Gasteiger partial charge >= 0.3 is 0 Å². The van der Waals surface area contributed by atoms with Crippen LogP contribution >= 0.6 is 11.3 Å². The lowest BCUT2D eigenvalue weighted by molar-refractivity contribution is -0.114. The number of unbranched alkanes of at least 4 members (excludes halogenated alkanes) is 1. The molecule has 0 radical (unpaired) electrons. The molecule has 4 rings (SSSR count). The zero-order valence-electron chi connectivity index (χ0n) is 16.6. The minimum Gasteiger partial charge on any atom is -0.356 e. The molecule has 1 aromatic carbocycles. The molecular formula is C22H26FN3O2S. The largest absolute Gasteiger partial charge is 0.356 e. The quantitative estimate of drug-likeness (QED) is 0.540. The number of thiophene rings is 1. The molecular weight excluding hydrogens is 389 g/mol. The number of carbonyl (C=O) groups excluding carboxylic acids is 1. The van der Waals surface area contributed by atoms with Crippen molar-refractivity contribution in [2.75, 3.05) is 25.0 Å². The van der Waals surface area contributed by atoms with E-state index in [1.807, 2.05) is 6.07 Å². The lowest BCUT2D eigenvalue weighted by Crippen LogP contribution is -2.33. The molecule has 1 saturated heterocycles. The van der Waals surface area contributed by atoms with Crippen molar-refractivity contribution in [1.82, 2.24) is 10.1 Å². The summed E-state index contributed by atoms with van der Waals surface area (Å²) in [7, 11) is 0. The predicted molar refractivity (Wildman–Crippen MR) is 114 cm³/mol. The number of aryl methyl sites for hydroxylation is 1. The average molecular weight is 416 g/mol. The first-order valence-electron chi connectivity index (χ1n) is 10.2. The van der Waals surface area contributed by atoms with E-state index in [9.17, 15) is 9.18 Å². The predicted octanol–water partition coefficient (Wildman–Crippen LogP) is 5.19. The Bertz CT molecular complexity index is 976. The van der Waals surface area contributed by atoms with E-state index in [1.54, 1.807) is 17.4 Å². The van der Waals surface area contributed by atoms with E-state index >= 15 is 0 Å². The Hall–Kier alpha value is -2.25. The van der Waals surface area contributed by atoms with Gasteiger partial charge in [0.05, 0.1) is 10.7 Å². The highest BCUT2D eigenvalue weighted by atomic mass is 32.1. The van der Waals surface area contributed by atoms with Gasteiger partial charge in [0.2, 0.25) is 5.91 Å². The number of rotatable bonds is 7. The van der Waals surface area contributed by atoms with Crippen LogP contribution in [-0.2, 0) is 11.2 Å². The van der Waals surface area contributed by atoms with Crippen LogP contribution in [0.1, 0.15) is 49.1 Å². The number of nitrogens with one attached hydrogen (secondary N) is 1. The Morgan fingerprint density at radius 3 is 2.90 bits per heavy atom. The molecule has 2 aromatic heterocycles. The Balaban J connectivity index is 1.20. The third-order valence-electron chi connectivity index (χ3n) is 5.54. The third kappa shape index (κ3) is 5.03. The summed E-state index contributed by atoms with van der Waals surface area (Å²) in [5.41, 5.74) is 1.52. The highest BCUT2D eigenvalue weighted by Crippen LogP contribution is 2.33. The van der Waals surface area contributed by atoms with Gasteiger partial charge in [-0.2, -0.15) is 0 Å². The molecule has 1 N–H and O–H groups in total. The smallest absolute Gasteiger partial charge is 0.221 e. The van der Waals surface area contributed by atoms with Gasteiger partial charge < -0.3 is 14.7 Å². The molecule has 1 amide bonds. The van der Waals surface area contributed by atoms with E-state index in [1.165, 1.54) is 30.4 Å². The summed E-state index contributed by atoms with van der Waals surface area (Å²) in [6.07, 6.45) is 5.50. The Morgan fingerprint density at radius 1 is 1.28 bits per heavy atom. The number of benzene rings is 1. The zero-order valence-corrected chi connectivity index (χ0v) is 17.4. The maximum Gasteiger partial charge on any atom is 0.221 e. The van der Waals surface area contributed by atoms with Gasteiger partial charge in [-0.3, -0.25) is 4.79 Å². The number of halogens is 1. The first kappa shape index (κ1) is 20.0. The summed E-state index contributed by atoms with van der Waals surface area (Å²) in [4.78, 5) is 14.9. The highest BCUT2D eigenvalue weighted by Gasteiger charge is 2.24. The molecule has 7 heteroatoms. The number of likely N-dealkylation sites (tertiary alicyclic amines) is 1. The number of nitrogens with zero attached hydrogens (tertiary/aromatic N) is 2. The van der Waals surface area contributed by atoms with E-state index in [4.69, 9.17) is 4.52 Å². The minimum atomic E-state index is -0.288. The number of carbonyl (C=O) groups is 1. The second kappa shape index (κ2) is 9.05. The van der Waals surface area contributed by atoms with Crippen molar-refractivity contribution in [1.29, 1.82) is 0 Å². The van der Waals surface area contributed by atoms with Crippen molar-refractivity contribution in [3.63, 3.8) is 0 Å². The van der Waals surface area contributed by atoms with E-state index < -0.39 is 0 Å². The van der Waals surface area contributed by atoms with Crippen molar-refractivity contribution < 1.29 is 13.7 Å². The normalized spacial score (nSPS) is 15.8. The van der Waals surface area contributed by atoms with Gasteiger partial charge in [0.15, 0.2) is 5.58 Å². The number of aromatic nitrogens is 1.